The topological polar surface area (TPSA) is 40.5 Å². The minimum absolute atomic E-state index is 0.193. The molecule has 0 aromatic heterocycles. The summed E-state index contributed by atoms with van der Waals surface area (Å²) >= 11 is 0. The van der Waals surface area contributed by atoms with E-state index in [0.29, 0.717) is 12.1 Å². The van der Waals surface area contributed by atoms with Gasteiger partial charge in [0.15, 0.2) is 0 Å². The third kappa shape index (κ3) is 1.82. The average molecular weight is 195 g/mol. The quantitative estimate of drug-likeness (QED) is 0.681. The highest BCUT2D eigenvalue weighted by molar-refractivity contribution is 5.68. The van der Waals surface area contributed by atoms with Crippen molar-refractivity contribution >= 4 is 5.97 Å². The fourth-order valence-corrected chi connectivity index (χ4v) is 2.67. The molecule has 0 aliphatic carbocycles. The van der Waals surface area contributed by atoms with Crippen LogP contribution in [0, 0.1) is 0 Å². The van der Waals surface area contributed by atoms with Crippen molar-refractivity contribution in [2.45, 2.75) is 44.2 Å². The van der Waals surface area contributed by atoms with Crippen LogP contribution < -0.4 is 0 Å². The lowest BCUT2D eigenvalue weighted by Crippen LogP contribution is -2.36. The van der Waals surface area contributed by atoms with E-state index in [-0.39, 0.29) is 6.42 Å². The van der Waals surface area contributed by atoms with Crippen LogP contribution in [0.3, 0.4) is 0 Å². The van der Waals surface area contributed by atoms with Gasteiger partial charge in [-0.1, -0.05) is 11.6 Å². The van der Waals surface area contributed by atoms with Crippen LogP contribution in [0.25, 0.3) is 0 Å². The maximum atomic E-state index is 10.4. The highest BCUT2D eigenvalue weighted by atomic mass is 16.4. The van der Waals surface area contributed by atoms with Crippen LogP contribution in [0.4, 0.5) is 0 Å². The van der Waals surface area contributed by atoms with E-state index < -0.39 is 5.97 Å². The molecule has 3 nitrogen and oxygen atoms in total. The normalized spacial score (nSPS) is 31.9. The summed E-state index contributed by atoms with van der Waals surface area (Å²) in [6, 6.07) is 1.35. The summed E-state index contributed by atoms with van der Waals surface area (Å²) in [6.45, 7) is 0. The zero-order valence-electron chi connectivity index (χ0n) is 8.57. The van der Waals surface area contributed by atoms with Gasteiger partial charge in [0.1, 0.15) is 0 Å². The molecule has 0 aromatic carbocycles. The lowest BCUT2D eigenvalue weighted by molar-refractivity contribution is -0.136. The average Bonchev–Trinajstić information content (AvgIpc) is 2.41. The zero-order chi connectivity index (χ0) is 10.1. The maximum Gasteiger partial charge on any atom is 0.307 e. The molecule has 2 atom stereocenters. The third-order valence-electron chi connectivity index (χ3n) is 3.55. The van der Waals surface area contributed by atoms with Gasteiger partial charge in [-0.15, -0.1) is 0 Å². The van der Waals surface area contributed by atoms with E-state index in [2.05, 4.69) is 11.9 Å². The fraction of sp³-hybridized carbons (Fsp3) is 0.727. The van der Waals surface area contributed by atoms with E-state index in [1.807, 2.05) is 6.08 Å². The SMILES string of the molecule is CN1C2CCC1CC(=CCC(=O)O)C2. The molecule has 2 bridgehead atoms. The Kier molecular flexibility index (Phi) is 2.59. The van der Waals surface area contributed by atoms with Crippen LogP contribution in [0.1, 0.15) is 32.1 Å². The van der Waals surface area contributed by atoms with Crippen molar-refractivity contribution in [3.63, 3.8) is 0 Å². The lowest BCUT2D eigenvalue weighted by Gasteiger charge is -2.32. The van der Waals surface area contributed by atoms with Gasteiger partial charge in [0.25, 0.3) is 0 Å². The molecular weight excluding hydrogens is 178 g/mol. The molecule has 0 amide bonds. The number of carbonyl (C=O) groups is 1. The van der Waals surface area contributed by atoms with E-state index in [1.54, 1.807) is 0 Å². The molecular formula is C11H17NO2. The Balaban J connectivity index is 1.99. The largest absolute Gasteiger partial charge is 0.481 e. The first kappa shape index (κ1) is 9.71. The van der Waals surface area contributed by atoms with Gasteiger partial charge in [-0.05, 0) is 32.7 Å². The number of nitrogens with zero attached hydrogens (tertiary/aromatic N) is 1. The summed E-state index contributed by atoms with van der Waals surface area (Å²) in [5.41, 5.74) is 1.36. The summed E-state index contributed by atoms with van der Waals surface area (Å²) in [4.78, 5) is 12.9. The summed E-state index contributed by atoms with van der Waals surface area (Å²) < 4.78 is 0. The standard InChI is InChI=1S/C11H17NO2/c1-12-9-3-4-10(12)7-8(6-9)2-5-11(13)14/h2,9-10H,3-7H2,1H3,(H,13,14). The highest BCUT2D eigenvalue weighted by Crippen LogP contribution is 2.36. The van der Waals surface area contributed by atoms with E-state index in [0.717, 1.165) is 12.8 Å². The summed E-state index contributed by atoms with van der Waals surface area (Å²) in [5.74, 6) is -0.719. The Morgan fingerprint density at radius 1 is 1.50 bits per heavy atom. The van der Waals surface area contributed by atoms with Crippen molar-refractivity contribution in [3.8, 4) is 0 Å². The van der Waals surface area contributed by atoms with Crippen LogP contribution >= 0.6 is 0 Å². The number of rotatable bonds is 2. The predicted octanol–water partition coefficient (Wildman–Crippen LogP) is 1.64. The van der Waals surface area contributed by atoms with Gasteiger partial charge in [0.2, 0.25) is 0 Å². The molecule has 3 heteroatoms. The van der Waals surface area contributed by atoms with Crippen molar-refractivity contribution in [1.82, 2.24) is 4.90 Å². The van der Waals surface area contributed by atoms with E-state index in [4.69, 9.17) is 5.11 Å². The third-order valence-corrected chi connectivity index (χ3v) is 3.55. The number of carboxylic acids is 1. The van der Waals surface area contributed by atoms with E-state index >= 15 is 0 Å². The molecule has 2 aliphatic rings. The van der Waals surface area contributed by atoms with Gasteiger partial charge in [-0.3, -0.25) is 9.69 Å². The Morgan fingerprint density at radius 2 is 2.07 bits per heavy atom. The van der Waals surface area contributed by atoms with Gasteiger partial charge in [-0.2, -0.15) is 0 Å². The van der Waals surface area contributed by atoms with Crippen molar-refractivity contribution in [2.75, 3.05) is 7.05 Å². The van der Waals surface area contributed by atoms with Crippen LogP contribution in [0.2, 0.25) is 0 Å². The number of fused-ring (bicyclic) bond motifs is 2. The van der Waals surface area contributed by atoms with Crippen LogP contribution in [-0.4, -0.2) is 35.1 Å². The second-order valence-corrected chi connectivity index (χ2v) is 4.42. The molecule has 1 N–H and O–H groups in total. The Labute approximate surface area is 84.4 Å². The molecule has 0 radical (unpaired) electrons. The Bertz CT molecular complexity index is 256. The van der Waals surface area contributed by atoms with E-state index in [1.165, 1.54) is 18.4 Å². The summed E-state index contributed by atoms with van der Waals surface area (Å²) in [6.07, 6.45) is 6.84. The molecule has 2 fully saturated rings. The lowest BCUT2D eigenvalue weighted by atomic mass is 9.96. The Morgan fingerprint density at radius 3 is 2.57 bits per heavy atom. The maximum absolute atomic E-state index is 10.4. The number of aliphatic carboxylic acids is 1. The van der Waals surface area contributed by atoms with Gasteiger partial charge in [0, 0.05) is 12.1 Å². The first-order valence-electron chi connectivity index (χ1n) is 5.28. The van der Waals surface area contributed by atoms with Crippen molar-refractivity contribution in [3.05, 3.63) is 11.6 Å². The molecule has 0 aromatic rings. The van der Waals surface area contributed by atoms with Gasteiger partial charge >= 0.3 is 5.97 Å². The first-order valence-corrected chi connectivity index (χ1v) is 5.28. The molecule has 78 valence electrons. The minimum Gasteiger partial charge on any atom is -0.481 e. The molecule has 2 aliphatic heterocycles. The van der Waals surface area contributed by atoms with Gasteiger partial charge < -0.3 is 5.11 Å². The highest BCUT2D eigenvalue weighted by Gasteiger charge is 2.35. The molecule has 2 heterocycles. The molecule has 2 saturated heterocycles. The van der Waals surface area contributed by atoms with Gasteiger partial charge in [0.05, 0.1) is 6.42 Å². The smallest absolute Gasteiger partial charge is 0.307 e. The fourth-order valence-electron chi connectivity index (χ4n) is 2.67. The summed E-state index contributed by atoms with van der Waals surface area (Å²) in [5, 5.41) is 8.59. The van der Waals surface area contributed by atoms with Crippen molar-refractivity contribution in [1.29, 1.82) is 0 Å². The number of piperidine rings is 1. The van der Waals surface area contributed by atoms with Crippen LogP contribution in [0.5, 0.6) is 0 Å². The molecule has 2 rings (SSSR count). The van der Waals surface area contributed by atoms with Crippen LogP contribution in [0.15, 0.2) is 11.6 Å². The predicted molar refractivity (Wildman–Crippen MR) is 54.1 cm³/mol. The van der Waals surface area contributed by atoms with E-state index in [9.17, 15) is 4.79 Å². The molecule has 0 spiro atoms. The number of hydrogen-bond donors (Lipinski definition) is 1. The minimum atomic E-state index is -0.719. The molecule has 2 unspecified atom stereocenters. The zero-order valence-corrected chi connectivity index (χ0v) is 8.57. The van der Waals surface area contributed by atoms with Gasteiger partial charge in [-0.25, -0.2) is 0 Å². The summed E-state index contributed by atoms with van der Waals surface area (Å²) in [7, 11) is 2.19. The Hall–Kier alpha value is -0.830. The monoisotopic (exact) mass is 195 g/mol. The van der Waals surface area contributed by atoms with Crippen molar-refractivity contribution in [2.24, 2.45) is 0 Å². The van der Waals surface area contributed by atoms with Crippen LogP contribution in [-0.2, 0) is 4.79 Å². The first-order chi connectivity index (χ1) is 6.66. The van der Waals surface area contributed by atoms with Crippen molar-refractivity contribution < 1.29 is 9.90 Å². The molecule has 14 heavy (non-hydrogen) atoms. The second-order valence-electron chi connectivity index (χ2n) is 4.42. The number of hydrogen-bond acceptors (Lipinski definition) is 2. The number of carboxylic acid groups (broad SMARTS) is 1. The second kappa shape index (κ2) is 3.73. The molecule has 0 saturated carbocycles.